The highest BCUT2D eigenvalue weighted by atomic mass is 32.2. The zero-order chi connectivity index (χ0) is 20.3. The van der Waals surface area contributed by atoms with Crippen molar-refractivity contribution >= 4 is 33.9 Å². The van der Waals surface area contributed by atoms with Crippen molar-refractivity contribution in [2.24, 2.45) is 7.05 Å². The third-order valence-corrected chi connectivity index (χ3v) is 5.55. The summed E-state index contributed by atoms with van der Waals surface area (Å²) < 4.78 is 29.3. The molecule has 0 spiro atoms. The van der Waals surface area contributed by atoms with E-state index in [2.05, 4.69) is 22.0 Å². The topological polar surface area (TPSA) is 59.8 Å². The van der Waals surface area contributed by atoms with E-state index < -0.39 is 23.1 Å². The predicted molar refractivity (Wildman–Crippen MR) is 109 cm³/mol. The quantitative estimate of drug-likeness (QED) is 0.624. The summed E-state index contributed by atoms with van der Waals surface area (Å²) in [5, 5.41) is 9.99. The van der Waals surface area contributed by atoms with Crippen molar-refractivity contribution in [1.29, 1.82) is 0 Å². The molecule has 9 heteroatoms. The van der Waals surface area contributed by atoms with E-state index in [4.69, 9.17) is 0 Å². The molecular weight excluding hydrogens is 402 g/mol. The summed E-state index contributed by atoms with van der Waals surface area (Å²) >= 11 is 2.64. The normalized spacial score (nSPS) is 11.5. The van der Waals surface area contributed by atoms with Crippen LogP contribution in [0.2, 0.25) is 0 Å². The minimum Gasteiger partial charge on any atom is -0.316 e. The van der Waals surface area contributed by atoms with Gasteiger partial charge in [-0.3, -0.25) is 9.48 Å². The second-order valence-corrected chi connectivity index (χ2v) is 7.64. The van der Waals surface area contributed by atoms with Crippen molar-refractivity contribution < 1.29 is 13.6 Å². The van der Waals surface area contributed by atoms with E-state index in [0.29, 0.717) is 15.6 Å². The number of thioether (sulfide) groups is 1. The first-order valence-electron chi connectivity index (χ1n) is 8.13. The average Bonchev–Trinajstić information content (AvgIpc) is 3.30. The lowest BCUT2D eigenvalue weighted by atomic mass is 10.2. The summed E-state index contributed by atoms with van der Waals surface area (Å²) in [5.41, 5.74) is 0.828. The van der Waals surface area contributed by atoms with E-state index in [9.17, 15) is 13.6 Å². The number of thiazole rings is 1. The molecule has 0 unspecified atom stereocenters. The zero-order valence-electron chi connectivity index (χ0n) is 15.1. The van der Waals surface area contributed by atoms with Gasteiger partial charge in [-0.1, -0.05) is 30.5 Å². The van der Waals surface area contributed by atoms with Gasteiger partial charge in [0, 0.05) is 23.5 Å². The third kappa shape index (κ3) is 4.20. The molecule has 2 heterocycles. The lowest BCUT2D eigenvalue weighted by Crippen LogP contribution is -2.23. The summed E-state index contributed by atoms with van der Waals surface area (Å²) in [6.07, 6.45) is 3.33. The number of nitrogens with one attached hydrogen (secondary N) is 1. The molecular formula is C19H16F2N4OS2. The second-order valence-electron chi connectivity index (χ2n) is 5.60. The SMILES string of the molecule is C=C(S/C(=C\C)NC(=O)c1c(F)cccc1F)c1cc(-c2nccs2)nn1C. The molecule has 0 bridgehead atoms. The van der Waals surface area contributed by atoms with Crippen molar-refractivity contribution in [1.82, 2.24) is 20.1 Å². The number of amides is 1. The van der Waals surface area contributed by atoms with E-state index in [1.165, 1.54) is 29.2 Å². The van der Waals surface area contributed by atoms with Crippen LogP contribution in [-0.2, 0) is 7.05 Å². The molecule has 0 aliphatic rings. The van der Waals surface area contributed by atoms with Crippen LogP contribution in [0.4, 0.5) is 8.78 Å². The molecule has 1 N–H and O–H groups in total. The Morgan fingerprint density at radius 3 is 2.68 bits per heavy atom. The maximum atomic E-state index is 13.8. The third-order valence-electron chi connectivity index (χ3n) is 3.74. The Morgan fingerprint density at radius 1 is 1.36 bits per heavy atom. The molecule has 144 valence electrons. The van der Waals surface area contributed by atoms with Gasteiger partial charge in [0.2, 0.25) is 0 Å². The molecule has 0 saturated carbocycles. The van der Waals surface area contributed by atoms with Gasteiger partial charge in [0.05, 0.1) is 10.7 Å². The minimum atomic E-state index is -0.920. The van der Waals surface area contributed by atoms with Crippen molar-refractivity contribution in [3.05, 3.63) is 76.4 Å². The minimum absolute atomic E-state index is 0.398. The first-order valence-corrected chi connectivity index (χ1v) is 9.83. The number of benzene rings is 1. The maximum Gasteiger partial charge on any atom is 0.262 e. The van der Waals surface area contributed by atoms with E-state index >= 15 is 0 Å². The number of carbonyl (C=O) groups excluding carboxylic acids is 1. The molecule has 1 aromatic carbocycles. The van der Waals surface area contributed by atoms with Crippen LogP contribution in [0.5, 0.6) is 0 Å². The summed E-state index contributed by atoms with van der Waals surface area (Å²) in [6, 6.07) is 5.13. The molecule has 2 aromatic heterocycles. The molecule has 0 atom stereocenters. The van der Waals surface area contributed by atoms with Gasteiger partial charge >= 0.3 is 0 Å². The molecule has 0 radical (unpaired) electrons. The molecule has 3 aromatic rings. The Hall–Kier alpha value is -2.78. The van der Waals surface area contributed by atoms with Crippen LogP contribution in [-0.4, -0.2) is 20.7 Å². The Balaban J connectivity index is 1.75. The van der Waals surface area contributed by atoms with Gasteiger partial charge in [0.1, 0.15) is 27.9 Å². The zero-order valence-corrected chi connectivity index (χ0v) is 16.7. The fourth-order valence-corrected chi connectivity index (χ4v) is 3.83. The van der Waals surface area contributed by atoms with Gasteiger partial charge in [0.15, 0.2) is 0 Å². The average molecular weight is 418 g/mol. The number of hydrogen-bond acceptors (Lipinski definition) is 5. The van der Waals surface area contributed by atoms with E-state index in [1.54, 1.807) is 30.9 Å². The van der Waals surface area contributed by atoms with Crippen LogP contribution in [0, 0.1) is 11.6 Å². The highest BCUT2D eigenvalue weighted by molar-refractivity contribution is 8.11. The molecule has 0 aliphatic heterocycles. The monoisotopic (exact) mass is 418 g/mol. The van der Waals surface area contributed by atoms with Crippen LogP contribution in [0.25, 0.3) is 15.6 Å². The van der Waals surface area contributed by atoms with E-state index in [1.807, 2.05) is 11.4 Å². The molecule has 1 amide bonds. The highest BCUT2D eigenvalue weighted by Gasteiger charge is 2.19. The summed E-state index contributed by atoms with van der Waals surface area (Å²) in [7, 11) is 1.78. The standard InChI is InChI=1S/C19H16F2N4OS2/c1-4-16(23-18(26)17-12(20)6-5-7-13(17)21)28-11(2)15-10-14(24-25(15)3)19-22-8-9-27-19/h4-10H,2H2,1,3H3,(H,23,26)/b16-4-. The number of aryl methyl sites for hydroxylation is 1. The molecule has 3 rings (SSSR count). The molecule has 28 heavy (non-hydrogen) atoms. The first kappa shape index (κ1) is 20.0. The molecule has 5 nitrogen and oxygen atoms in total. The Morgan fingerprint density at radius 2 is 2.07 bits per heavy atom. The van der Waals surface area contributed by atoms with Gasteiger partial charge in [-0.25, -0.2) is 13.8 Å². The number of nitrogens with zero attached hydrogens (tertiary/aromatic N) is 3. The first-order chi connectivity index (χ1) is 13.4. The van der Waals surface area contributed by atoms with Gasteiger partial charge in [0.25, 0.3) is 5.91 Å². The van der Waals surface area contributed by atoms with Crippen molar-refractivity contribution in [3.63, 3.8) is 0 Å². The lowest BCUT2D eigenvalue weighted by molar-refractivity contribution is 0.0960. The van der Waals surface area contributed by atoms with Crippen LogP contribution >= 0.6 is 23.1 Å². The van der Waals surface area contributed by atoms with Crippen molar-refractivity contribution in [3.8, 4) is 10.7 Å². The summed E-state index contributed by atoms with van der Waals surface area (Å²) in [6.45, 7) is 5.73. The van der Waals surface area contributed by atoms with E-state index in [-0.39, 0.29) is 0 Å². The van der Waals surface area contributed by atoms with Crippen LogP contribution in [0.1, 0.15) is 23.0 Å². The van der Waals surface area contributed by atoms with Gasteiger partial charge in [-0.05, 0) is 25.1 Å². The fourth-order valence-electron chi connectivity index (χ4n) is 2.41. The highest BCUT2D eigenvalue weighted by Crippen LogP contribution is 2.33. The number of hydrogen-bond donors (Lipinski definition) is 1. The Bertz CT molecular complexity index is 1040. The van der Waals surface area contributed by atoms with Gasteiger partial charge in [-0.2, -0.15) is 5.10 Å². The predicted octanol–water partition coefficient (Wildman–Crippen LogP) is 4.82. The Kier molecular flexibility index (Phi) is 6.05. The molecule has 0 fully saturated rings. The summed E-state index contributed by atoms with van der Waals surface area (Å²) in [5.74, 6) is -2.70. The Labute approximate surface area is 168 Å². The van der Waals surface area contributed by atoms with Gasteiger partial charge in [-0.15, -0.1) is 11.3 Å². The fraction of sp³-hybridized carbons (Fsp3) is 0.105. The van der Waals surface area contributed by atoms with Crippen LogP contribution in [0.3, 0.4) is 0 Å². The van der Waals surface area contributed by atoms with Crippen LogP contribution in [0.15, 0.2) is 53.5 Å². The van der Waals surface area contributed by atoms with Crippen LogP contribution < -0.4 is 5.32 Å². The largest absolute Gasteiger partial charge is 0.316 e. The van der Waals surface area contributed by atoms with Crippen molar-refractivity contribution in [2.75, 3.05) is 0 Å². The smallest absolute Gasteiger partial charge is 0.262 e. The maximum absolute atomic E-state index is 13.8. The molecule has 0 aliphatic carbocycles. The number of allylic oxidation sites excluding steroid dienone is 1. The molecule has 0 saturated heterocycles. The number of rotatable bonds is 6. The number of halogens is 2. The number of carbonyl (C=O) groups is 1. The van der Waals surface area contributed by atoms with Crippen molar-refractivity contribution in [2.45, 2.75) is 6.92 Å². The second kappa shape index (κ2) is 8.49. The lowest BCUT2D eigenvalue weighted by Gasteiger charge is -2.12. The number of aromatic nitrogens is 3. The van der Waals surface area contributed by atoms with Gasteiger partial charge < -0.3 is 5.32 Å². The van der Waals surface area contributed by atoms with E-state index in [0.717, 1.165) is 22.8 Å². The summed E-state index contributed by atoms with van der Waals surface area (Å²) in [4.78, 5) is 17.1.